The predicted molar refractivity (Wildman–Crippen MR) is 71.3 cm³/mol. The highest BCUT2D eigenvalue weighted by molar-refractivity contribution is 9.10. The average molecular weight is 324 g/mol. The van der Waals surface area contributed by atoms with Crippen molar-refractivity contribution in [3.8, 4) is 0 Å². The van der Waals surface area contributed by atoms with Gasteiger partial charge in [-0.2, -0.15) is 0 Å². The Balaban J connectivity index is 0.00000144. The second kappa shape index (κ2) is 5.89. The van der Waals surface area contributed by atoms with Crippen molar-refractivity contribution in [3.05, 3.63) is 22.6 Å². The van der Waals surface area contributed by atoms with E-state index < -0.39 is 0 Å². The maximum Gasteiger partial charge on any atom is 0.290 e. The average Bonchev–Trinajstić information content (AvgIpc) is 2.83. The first-order valence-electron chi connectivity index (χ1n) is 5.37. The molecule has 2 atom stereocenters. The lowest BCUT2D eigenvalue weighted by molar-refractivity contribution is 0.0710. The summed E-state index contributed by atoms with van der Waals surface area (Å²) in [4.78, 5) is 14.0. The van der Waals surface area contributed by atoms with Crippen molar-refractivity contribution in [2.75, 3.05) is 13.1 Å². The number of nitrogens with zero attached hydrogens (tertiary/aromatic N) is 1. The Hall–Kier alpha value is -0.520. The molecular formula is C11H16BrClN2O2. The van der Waals surface area contributed by atoms with Crippen molar-refractivity contribution in [1.29, 1.82) is 0 Å². The highest BCUT2D eigenvalue weighted by Crippen LogP contribution is 2.27. The van der Waals surface area contributed by atoms with E-state index in [2.05, 4.69) is 15.9 Å². The maximum absolute atomic E-state index is 12.2. The van der Waals surface area contributed by atoms with Gasteiger partial charge in [-0.25, -0.2) is 0 Å². The van der Waals surface area contributed by atoms with Gasteiger partial charge in [0.2, 0.25) is 5.76 Å². The fourth-order valence-electron chi connectivity index (χ4n) is 2.17. The van der Waals surface area contributed by atoms with Crippen LogP contribution in [0.2, 0.25) is 0 Å². The van der Waals surface area contributed by atoms with Gasteiger partial charge in [0.25, 0.3) is 5.91 Å². The Bertz CT molecular complexity index is 397. The van der Waals surface area contributed by atoms with E-state index in [0.717, 1.165) is 13.0 Å². The van der Waals surface area contributed by atoms with Crippen LogP contribution in [0.5, 0.6) is 0 Å². The van der Waals surface area contributed by atoms with Gasteiger partial charge in [-0.15, -0.1) is 12.4 Å². The number of carbonyl (C=O) groups is 1. The van der Waals surface area contributed by atoms with Crippen LogP contribution < -0.4 is 5.73 Å². The van der Waals surface area contributed by atoms with Crippen LogP contribution in [0, 0.1) is 5.92 Å². The Labute approximate surface area is 115 Å². The van der Waals surface area contributed by atoms with Gasteiger partial charge in [0, 0.05) is 12.6 Å². The fourth-order valence-corrected chi connectivity index (χ4v) is 2.54. The van der Waals surface area contributed by atoms with Gasteiger partial charge >= 0.3 is 0 Å². The topological polar surface area (TPSA) is 59.5 Å². The van der Waals surface area contributed by atoms with Crippen LogP contribution in [-0.2, 0) is 0 Å². The smallest absolute Gasteiger partial charge is 0.290 e. The lowest BCUT2D eigenvalue weighted by Crippen LogP contribution is -2.34. The zero-order valence-electron chi connectivity index (χ0n) is 9.56. The highest BCUT2D eigenvalue weighted by Gasteiger charge is 2.33. The number of hydrogen-bond acceptors (Lipinski definition) is 3. The number of hydrogen-bond donors (Lipinski definition) is 1. The summed E-state index contributed by atoms with van der Waals surface area (Å²) in [5.74, 6) is 0.734. The molecule has 0 aliphatic carbocycles. The van der Waals surface area contributed by atoms with Crippen LogP contribution in [0.1, 0.15) is 23.9 Å². The third-order valence-electron chi connectivity index (χ3n) is 3.07. The third kappa shape index (κ3) is 2.84. The van der Waals surface area contributed by atoms with Crippen LogP contribution in [-0.4, -0.2) is 29.9 Å². The molecule has 0 bridgehead atoms. The van der Waals surface area contributed by atoms with Gasteiger partial charge < -0.3 is 15.1 Å². The number of carbonyl (C=O) groups excluding carboxylic acids is 1. The second-order valence-corrected chi connectivity index (χ2v) is 5.10. The van der Waals surface area contributed by atoms with Crippen LogP contribution in [0.25, 0.3) is 0 Å². The SMILES string of the molecule is CC1CC(CN)CN1C(=O)c1occc1Br.Cl. The van der Waals surface area contributed by atoms with Gasteiger partial charge in [0.1, 0.15) is 0 Å². The zero-order chi connectivity index (χ0) is 11.7. The molecule has 2 rings (SSSR count). The summed E-state index contributed by atoms with van der Waals surface area (Å²) in [7, 11) is 0. The molecule has 17 heavy (non-hydrogen) atoms. The van der Waals surface area contributed by atoms with Gasteiger partial charge in [-0.3, -0.25) is 4.79 Å². The Morgan fingerprint density at radius 2 is 2.41 bits per heavy atom. The van der Waals surface area contributed by atoms with Crippen molar-refractivity contribution < 1.29 is 9.21 Å². The number of nitrogens with two attached hydrogens (primary N) is 1. The normalized spacial score (nSPS) is 23.6. The molecule has 1 aliphatic rings. The minimum Gasteiger partial charge on any atom is -0.458 e. The van der Waals surface area contributed by atoms with E-state index in [1.807, 2.05) is 11.8 Å². The second-order valence-electron chi connectivity index (χ2n) is 4.24. The first-order chi connectivity index (χ1) is 7.63. The summed E-state index contributed by atoms with van der Waals surface area (Å²) >= 11 is 3.30. The summed E-state index contributed by atoms with van der Waals surface area (Å²) in [6.45, 7) is 3.40. The third-order valence-corrected chi connectivity index (χ3v) is 3.69. The molecule has 6 heteroatoms. The molecule has 1 aliphatic heterocycles. The van der Waals surface area contributed by atoms with Crippen molar-refractivity contribution in [2.45, 2.75) is 19.4 Å². The first kappa shape index (κ1) is 14.5. The molecule has 96 valence electrons. The molecule has 1 fully saturated rings. The molecule has 0 radical (unpaired) electrons. The molecule has 2 heterocycles. The summed E-state index contributed by atoms with van der Waals surface area (Å²) in [6.07, 6.45) is 2.49. The van der Waals surface area contributed by atoms with Gasteiger partial charge in [0.15, 0.2) is 0 Å². The van der Waals surface area contributed by atoms with Gasteiger partial charge in [-0.05, 0) is 47.8 Å². The van der Waals surface area contributed by atoms with Crippen molar-refractivity contribution in [1.82, 2.24) is 4.90 Å². The highest BCUT2D eigenvalue weighted by atomic mass is 79.9. The quantitative estimate of drug-likeness (QED) is 0.908. The fraction of sp³-hybridized carbons (Fsp3) is 0.545. The van der Waals surface area contributed by atoms with Gasteiger partial charge in [-0.1, -0.05) is 0 Å². The van der Waals surface area contributed by atoms with Crippen molar-refractivity contribution in [3.63, 3.8) is 0 Å². The van der Waals surface area contributed by atoms with E-state index in [-0.39, 0.29) is 24.4 Å². The van der Waals surface area contributed by atoms with Gasteiger partial charge in [0.05, 0.1) is 10.7 Å². The molecule has 4 nitrogen and oxygen atoms in total. The molecule has 1 saturated heterocycles. The monoisotopic (exact) mass is 322 g/mol. The van der Waals surface area contributed by atoms with Crippen molar-refractivity contribution >= 4 is 34.2 Å². The van der Waals surface area contributed by atoms with E-state index in [0.29, 0.717) is 22.7 Å². The van der Waals surface area contributed by atoms with E-state index in [9.17, 15) is 4.79 Å². The Kier molecular flexibility index (Phi) is 5.04. The van der Waals surface area contributed by atoms with E-state index in [1.165, 1.54) is 6.26 Å². The number of furan rings is 1. The largest absolute Gasteiger partial charge is 0.458 e. The number of rotatable bonds is 2. The number of halogens is 2. The maximum atomic E-state index is 12.2. The zero-order valence-corrected chi connectivity index (χ0v) is 12.0. The standard InChI is InChI=1S/C11H15BrN2O2.ClH/c1-7-4-8(5-13)6-14(7)11(15)10-9(12)2-3-16-10;/h2-3,7-8H,4-6,13H2,1H3;1H. The Morgan fingerprint density at radius 3 is 2.88 bits per heavy atom. The molecule has 0 aromatic carbocycles. The lowest BCUT2D eigenvalue weighted by atomic mass is 10.1. The van der Waals surface area contributed by atoms with E-state index in [4.69, 9.17) is 10.2 Å². The summed E-state index contributed by atoms with van der Waals surface area (Å²) in [5, 5.41) is 0. The van der Waals surface area contributed by atoms with E-state index >= 15 is 0 Å². The molecule has 0 saturated carbocycles. The van der Waals surface area contributed by atoms with Crippen LogP contribution in [0.15, 0.2) is 21.2 Å². The van der Waals surface area contributed by atoms with Crippen LogP contribution in [0.3, 0.4) is 0 Å². The molecule has 2 unspecified atom stereocenters. The van der Waals surface area contributed by atoms with Crippen LogP contribution >= 0.6 is 28.3 Å². The van der Waals surface area contributed by atoms with Crippen LogP contribution in [0.4, 0.5) is 0 Å². The summed E-state index contributed by atoms with van der Waals surface area (Å²) < 4.78 is 5.90. The molecular weight excluding hydrogens is 307 g/mol. The summed E-state index contributed by atoms with van der Waals surface area (Å²) in [5.41, 5.74) is 5.64. The molecule has 1 aromatic heterocycles. The number of amides is 1. The summed E-state index contributed by atoms with van der Waals surface area (Å²) in [6, 6.07) is 1.96. The molecule has 1 amide bonds. The first-order valence-corrected chi connectivity index (χ1v) is 6.16. The Morgan fingerprint density at radius 1 is 1.71 bits per heavy atom. The molecule has 1 aromatic rings. The molecule has 2 N–H and O–H groups in total. The minimum atomic E-state index is -0.0553. The number of likely N-dealkylation sites (tertiary alicyclic amines) is 1. The minimum absolute atomic E-state index is 0. The van der Waals surface area contributed by atoms with Crippen molar-refractivity contribution in [2.24, 2.45) is 11.7 Å². The van der Waals surface area contributed by atoms with E-state index in [1.54, 1.807) is 6.07 Å². The predicted octanol–water partition coefficient (Wildman–Crippen LogP) is 2.27. The molecule has 0 spiro atoms. The lowest BCUT2D eigenvalue weighted by Gasteiger charge is -2.20.